The Morgan fingerprint density at radius 2 is 1.14 bits per heavy atom. The Morgan fingerprint density at radius 1 is 0.657 bits per heavy atom. The monoisotopic (exact) mass is 476 g/mol. The van der Waals surface area contributed by atoms with Crippen LogP contribution in [0.5, 0.6) is 0 Å². The summed E-state index contributed by atoms with van der Waals surface area (Å²) in [5.74, 6) is 0. The maximum atomic E-state index is 10.4. The Labute approximate surface area is 213 Å². The molecule has 3 heteroatoms. The van der Waals surface area contributed by atoms with Crippen molar-refractivity contribution in [2.75, 3.05) is 6.54 Å². The molecule has 5 aromatic carbocycles. The van der Waals surface area contributed by atoms with Crippen LogP contribution in [0.25, 0.3) is 21.5 Å². The van der Waals surface area contributed by atoms with E-state index in [1.54, 1.807) is 0 Å². The van der Waals surface area contributed by atoms with Crippen molar-refractivity contribution in [3.8, 4) is 6.07 Å². The molecule has 0 aliphatic rings. The van der Waals surface area contributed by atoms with E-state index >= 15 is 0 Å². The van der Waals surface area contributed by atoms with Gasteiger partial charge in [0.15, 0.2) is 0 Å². The third kappa shape index (κ3) is 4.93. The van der Waals surface area contributed by atoms with Crippen LogP contribution >= 0.6 is 12.4 Å². The van der Waals surface area contributed by atoms with Gasteiger partial charge in [0.05, 0.1) is 6.07 Å². The second-order valence-electron chi connectivity index (χ2n) is 8.83. The fraction of sp³-hybridized carbons (Fsp3) is 0.156. The molecule has 0 atom stereocenters. The predicted octanol–water partition coefficient (Wildman–Crippen LogP) is 7.79. The van der Waals surface area contributed by atoms with E-state index in [0.29, 0.717) is 0 Å². The molecule has 35 heavy (non-hydrogen) atoms. The highest BCUT2D eigenvalue weighted by Gasteiger charge is 2.33. The van der Waals surface area contributed by atoms with E-state index in [1.807, 2.05) is 36.4 Å². The van der Waals surface area contributed by atoms with Crippen molar-refractivity contribution in [2.45, 2.75) is 24.8 Å². The van der Waals surface area contributed by atoms with E-state index in [1.165, 1.54) is 27.1 Å². The van der Waals surface area contributed by atoms with Gasteiger partial charge in [-0.3, -0.25) is 0 Å². The Hall–Kier alpha value is -3.64. The molecular formula is C32H29ClN2. The van der Waals surface area contributed by atoms with Crippen LogP contribution in [0, 0.1) is 11.3 Å². The lowest BCUT2D eigenvalue weighted by Gasteiger charge is -2.28. The maximum Gasteiger partial charge on any atom is 0.107 e. The standard InChI is InChI=1S/C32H28N2.ClH/c33-24-32(27-14-3-1-4-15-27,28-16-5-2-6-17-28)20-11-21-34-23-31-29-18-9-7-12-25(29)22-26-13-8-10-19-30(26)31;/h1-10,12-19,22,34H,11,20-21,23H2;1H. The SMILES string of the molecule is Cl.N#CC(CCCNCc1c2ccccc2cc2ccccc12)(c1ccccc1)c1ccccc1. The van der Waals surface area contributed by atoms with Crippen molar-refractivity contribution in [1.82, 2.24) is 5.32 Å². The maximum absolute atomic E-state index is 10.4. The Morgan fingerprint density at radius 3 is 1.66 bits per heavy atom. The van der Waals surface area contributed by atoms with Crippen LogP contribution < -0.4 is 5.32 Å². The van der Waals surface area contributed by atoms with Crippen molar-refractivity contribution in [3.05, 3.63) is 132 Å². The Bertz CT molecular complexity index is 1350. The second kappa shape index (κ2) is 11.2. The molecular weight excluding hydrogens is 448 g/mol. The van der Waals surface area contributed by atoms with Crippen LogP contribution in [-0.4, -0.2) is 6.54 Å². The van der Waals surface area contributed by atoms with E-state index in [-0.39, 0.29) is 12.4 Å². The first-order valence-electron chi connectivity index (χ1n) is 11.9. The average molecular weight is 477 g/mol. The molecule has 5 aromatic rings. The first kappa shape index (κ1) is 24.5. The Kier molecular flexibility index (Phi) is 7.83. The zero-order valence-corrected chi connectivity index (χ0v) is 20.5. The summed E-state index contributed by atoms with van der Waals surface area (Å²) in [5, 5.41) is 19.2. The molecule has 0 unspecified atom stereocenters. The number of nitrogens with zero attached hydrogens (tertiary/aromatic N) is 1. The van der Waals surface area contributed by atoms with Gasteiger partial charge in [-0.2, -0.15) is 5.26 Å². The van der Waals surface area contributed by atoms with Gasteiger partial charge in [0, 0.05) is 6.54 Å². The molecule has 2 nitrogen and oxygen atoms in total. The van der Waals surface area contributed by atoms with Crippen LogP contribution in [0.15, 0.2) is 115 Å². The van der Waals surface area contributed by atoms with Gasteiger partial charge >= 0.3 is 0 Å². The molecule has 0 saturated heterocycles. The summed E-state index contributed by atoms with van der Waals surface area (Å²) in [5.41, 5.74) is 2.81. The highest BCUT2D eigenvalue weighted by Crippen LogP contribution is 2.36. The minimum atomic E-state index is -0.643. The number of hydrogen-bond donors (Lipinski definition) is 1. The molecule has 0 aliphatic carbocycles. The first-order chi connectivity index (χ1) is 16.8. The van der Waals surface area contributed by atoms with E-state index in [9.17, 15) is 5.26 Å². The Balaban J connectivity index is 0.00000289. The number of nitriles is 1. The third-order valence-corrected chi connectivity index (χ3v) is 6.81. The highest BCUT2D eigenvalue weighted by atomic mass is 35.5. The van der Waals surface area contributed by atoms with Gasteiger partial charge in [-0.15, -0.1) is 12.4 Å². The number of rotatable bonds is 8. The van der Waals surface area contributed by atoms with E-state index in [4.69, 9.17) is 0 Å². The molecule has 0 aliphatic heterocycles. The van der Waals surface area contributed by atoms with E-state index in [0.717, 1.165) is 37.1 Å². The quantitative estimate of drug-likeness (QED) is 0.183. The molecule has 0 radical (unpaired) electrons. The van der Waals surface area contributed by atoms with Crippen LogP contribution in [0.4, 0.5) is 0 Å². The average Bonchev–Trinajstić information content (AvgIpc) is 2.91. The van der Waals surface area contributed by atoms with Gasteiger partial charge in [-0.25, -0.2) is 0 Å². The number of hydrogen-bond acceptors (Lipinski definition) is 2. The summed E-state index contributed by atoms with van der Waals surface area (Å²) in [6, 6.07) is 42.6. The normalized spacial score (nSPS) is 11.2. The molecule has 0 aromatic heterocycles. The first-order valence-corrected chi connectivity index (χ1v) is 11.9. The molecule has 0 saturated carbocycles. The van der Waals surface area contributed by atoms with E-state index < -0.39 is 5.41 Å². The van der Waals surface area contributed by atoms with Crippen LogP contribution in [0.1, 0.15) is 29.5 Å². The van der Waals surface area contributed by atoms with Gasteiger partial charge in [-0.1, -0.05) is 109 Å². The number of benzene rings is 5. The van der Waals surface area contributed by atoms with Crippen molar-refractivity contribution < 1.29 is 0 Å². The van der Waals surface area contributed by atoms with E-state index in [2.05, 4.69) is 90.2 Å². The van der Waals surface area contributed by atoms with Crippen LogP contribution in [-0.2, 0) is 12.0 Å². The summed E-state index contributed by atoms with van der Waals surface area (Å²) >= 11 is 0. The lowest BCUT2D eigenvalue weighted by atomic mass is 9.72. The number of nitrogens with one attached hydrogen (secondary N) is 1. The van der Waals surface area contributed by atoms with Crippen molar-refractivity contribution >= 4 is 34.0 Å². The zero-order valence-electron chi connectivity index (χ0n) is 19.7. The second-order valence-corrected chi connectivity index (χ2v) is 8.83. The lowest BCUT2D eigenvalue weighted by molar-refractivity contribution is 0.533. The fourth-order valence-electron chi connectivity index (χ4n) is 5.08. The van der Waals surface area contributed by atoms with Gasteiger partial charge < -0.3 is 5.32 Å². The van der Waals surface area contributed by atoms with Gasteiger partial charge in [0.25, 0.3) is 0 Å². The minimum absolute atomic E-state index is 0. The molecule has 0 bridgehead atoms. The molecule has 174 valence electrons. The molecule has 5 rings (SSSR count). The largest absolute Gasteiger partial charge is 0.313 e. The summed E-state index contributed by atoms with van der Waals surface area (Å²) in [7, 11) is 0. The number of halogens is 1. The zero-order chi connectivity index (χ0) is 23.2. The number of fused-ring (bicyclic) bond motifs is 2. The lowest BCUT2D eigenvalue weighted by Crippen LogP contribution is -2.27. The summed E-state index contributed by atoms with van der Waals surface area (Å²) in [4.78, 5) is 0. The third-order valence-electron chi connectivity index (χ3n) is 6.81. The van der Waals surface area contributed by atoms with Gasteiger partial charge in [0.2, 0.25) is 0 Å². The van der Waals surface area contributed by atoms with Crippen LogP contribution in [0.3, 0.4) is 0 Å². The topological polar surface area (TPSA) is 35.8 Å². The summed E-state index contributed by atoms with van der Waals surface area (Å²) in [6.45, 7) is 1.65. The summed E-state index contributed by atoms with van der Waals surface area (Å²) < 4.78 is 0. The minimum Gasteiger partial charge on any atom is -0.313 e. The van der Waals surface area contributed by atoms with Crippen molar-refractivity contribution in [3.63, 3.8) is 0 Å². The molecule has 0 spiro atoms. The van der Waals surface area contributed by atoms with Gasteiger partial charge in [0.1, 0.15) is 5.41 Å². The molecule has 0 fully saturated rings. The van der Waals surface area contributed by atoms with Gasteiger partial charge in [-0.05, 0) is 63.7 Å². The van der Waals surface area contributed by atoms with Crippen LogP contribution in [0.2, 0.25) is 0 Å². The summed E-state index contributed by atoms with van der Waals surface area (Å²) in [6.07, 6.45) is 1.67. The smallest absolute Gasteiger partial charge is 0.107 e. The predicted molar refractivity (Wildman–Crippen MR) is 149 cm³/mol. The molecule has 1 N–H and O–H groups in total. The molecule has 0 amide bonds. The fourth-order valence-corrected chi connectivity index (χ4v) is 5.08. The molecule has 0 heterocycles. The highest BCUT2D eigenvalue weighted by molar-refractivity contribution is 6.02. The van der Waals surface area contributed by atoms with Crippen molar-refractivity contribution in [1.29, 1.82) is 5.26 Å². The van der Waals surface area contributed by atoms with Crippen molar-refractivity contribution in [2.24, 2.45) is 0 Å².